The van der Waals surface area contributed by atoms with Crippen molar-refractivity contribution >= 4 is 12.0 Å². The van der Waals surface area contributed by atoms with E-state index in [-0.39, 0.29) is 19.0 Å². The number of alkyl carbamates (subject to hydrolysis) is 1. The van der Waals surface area contributed by atoms with Gasteiger partial charge in [-0.25, -0.2) is 4.79 Å². The summed E-state index contributed by atoms with van der Waals surface area (Å²) in [6.07, 6.45) is -1.47. The first kappa shape index (κ1) is 16.7. The average Bonchev–Trinajstić information content (AvgIpc) is 2.30. The summed E-state index contributed by atoms with van der Waals surface area (Å²) in [5, 5.41) is 14.3. The van der Waals surface area contributed by atoms with Gasteiger partial charge in [0, 0.05) is 13.1 Å². The van der Waals surface area contributed by atoms with Crippen molar-refractivity contribution < 1.29 is 19.4 Å². The molecule has 0 aromatic heterocycles. The summed E-state index contributed by atoms with van der Waals surface area (Å²) in [4.78, 5) is 23.1. The molecule has 0 unspecified atom stereocenters. The number of aliphatic hydroxyl groups is 1. The lowest BCUT2D eigenvalue weighted by Crippen LogP contribution is -2.54. The molecule has 18 heavy (non-hydrogen) atoms. The minimum atomic E-state index is -0.798. The molecule has 106 valence electrons. The van der Waals surface area contributed by atoms with Crippen molar-refractivity contribution in [3.8, 4) is 0 Å². The third kappa shape index (κ3) is 5.83. The van der Waals surface area contributed by atoms with Gasteiger partial charge >= 0.3 is 6.09 Å². The zero-order valence-electron chi connectivity index (χ0n) is 11.3. The first-order valence-corrected chi connectivity index (χ1v) is 5.72. The van der Waals surface area contributed by atoms with Crippen molar-refractivity contribution in [1.29, 1.82) is 0 Å². The van der Waals surface area contributed by atoms with Gasteiger partial charge in [-0.3, -0.25) is 4.79 Å². The highest BCUT2D eigenvalue weighted by molar-refractivity contribution is 5.86. The van der Waals surface area contributed by atoms with E-state index in [1.54, 1.807) is 0 Å². The first-order valence-electron chi connectivity index (χ1n) is 5.72. The molecular formula is C11H23N3O4. The molecule has 2 amide bonds. The Labute approximate surface area is 107 Å². The van der Waals surface area contributed by atoms with Gasteiger partial charge in [-0.1, -0.05) is 20.8 Å². The van der Waals surface area contributed by atoms with Crippen LogP contribution in [0.4, 0.5) is 4.79 Å². The van der Waals surface area contributed by atoms with Gasteiger partial charge in [-0.2, -0.15) is 0 Å². The molecule has 0 fully saturated rings. The maximum Gasteiger partial charge on any atom is 0.407 e. The van der Waals surface area contributed by atoms with Crippen LogP contribution in [0.25, 0.3) is 0 Å². The van der Waals surface area contributed by atoms with E-state index in [9.17, 15) is 14.7 Å². The Morgan fingerprint density at radius 3 is 2.33 bits per heavy atom. The quantitative estimate of drug-likeness (QED) is 0.517. The summed E-state index contributed by atoms with van der Waals surface area (Å²) in [7, 11) is 1.23. The number of aliphatic hydroxyl groups excluding tert-OH is 1. The summed E-state index contributed by atoms with van der Waals surface area (Å²) in [6, 6.07) is -0.755. The molecule has 0 radical (unpaired) electrons. The number of rotatable bonds is 5. The number of nitrogens with one attached hydrogen (secondary N) is 2. The van der Waals surface area contributed by atoms with Gasteiger partial charge in [0.15, 0.2) is 0 Å². The molecule has 0 aliphatic carbocycles. The van der Waals surface area contributed by atoms with Crippen LogP contribution in [0.5, 0.6) is 0 Å². The van der Waals surface area contributed by atoms with Crippen LogP contribution in [-0.4, -0.2) is 49.5 Å². The molecular weight excluding hydrogens is 238 g/mol. The lowest BCUT2D eigenvalue weighted by molar-refractivity contribution is -0.125. The van der Waals surface area contributed by atoms with Crippen LogP contribution in [0.1, 0.15) is 20.8 Å². The molecule has 0 aromatic carbocycles. The Balaban J connectivity index is 4.56. The molecule has 0 rings (SSSR count). The third-order valence-corrected chi connectivity index (χ3v) is 2.36. The predicted molar refractivity (Wildman–Crippen MR) is 66.9 cm³/mol. The van der Waals surface area contributed by atoms with E-state index >= 15 is 0 Å². The van der Waals surface area contributed by atoms with Gasteiger partial charge in [0.1, 0.15) is 6.04 Å². The van der Waals surface area contributed by atoms with E-state index in [1.165, 1.54) is 7.11 Å². The number of amides is 2. The fourth-order valence-corrected chi connectivity index (χ4v) is 1.26. The molecule has 5 N–H and O–H groups in total. The minimum Gasteiger partial charge on any atom is -0.453 e. The normalized spacial score (nSPS) is 14.6. The summed E-state index contributed by atoms with van der Waals surface area (Å²) >= 11 is 0. The predicted octanol–water partition coefficient (Wildman–Crippen LogP) is -0.807. The Kier molecular flexibility index (Phi) is 6.64. The van der Waals surface area contributed by atoms with Crippen molar-refractivity contribution in [2.75, 3.05) is 20.2 Å². The van der Waals surface area contributed by atoms with Crippen LogP contribution in [0.3, 0.4) is 0 Å². The van der Waals surface area contributed by atoms with Crippen molar-refractivity contribution in [2.24, 2.45) is 11.1 Å². The standard InChI is InChI=1S/C11H23N3O4/c1-11(2,3)8(14-10(17)18-4)9(16)13-6-7(15)5-12/h7-8,15H,5-6,12H2,1-4H3,(H,13,16)(H,14,17)/t7-,8+/m0/s1. The fraction of sp³-hybridized carbons (Fsp3) is 0.818. The molecule has 0 aliphatic rings. The molecule has 0 bridgehead atoms. The lowest BCUT2D eigenvalue weighted by Gasteiger charge is -2.30. The Morgan fingerprint density at radius 2 is 1.94 bits per heavy atom. The van der Waals surface area contributed by atoms with Crippen LogP contribution in [0.15, 0.2) is 0 Å². The van der Waals surface area contributed by atoms with E-state index < -0.39 is 23.7 Å². The fourth-order valence-electron chi connectivity index (χ4n) is 1.26. The van der Waals surface area contributed by atoms with Crippen LogP contribution >= 0.6 is 0 Å². The maximum atomic E-state index is 11.9. The zero-order valence-corrected chi connectivity index (χ0v) is 11.3. The number of carbonyl (C=O) groups is 2. The van der Waals surface area contributed by atoms with Crippen LogP contribution < -0.4 is 16.4 Å². The van der Waals surface area contributed by atoms with Gasteiger partial charge in [-0.15, -0.1) is 0 Å². The zero-order chi connectivity index (χ0) is 14.3. The number of nitrogens with two attached hydrogens (primary N) is 1. The van der Waals surface area contributed by atoms with Crippen molar-refractivity contribution in [2.45, 2.75) is 32.9 Å². The molecule has 0 saturated heterocycles. The number of methoxy groups -OCH3 is 1. The second-order valence-corrected chi connectivity index (χ2v) is 5.07. The SMILES string of the molecule is COC(=O)N[C@H](C(=O)NC[C@@H](O)CN)C(C)(C)C. The minimum absolute atomic E-state index is 0.0464. The molecule has 0 aromatic rings. The summed E-state index contributed by atoms with van der Waals surface area (Å²) in [5.41, 5.74) is 4.75. The van der Waals surface area contributed by atoms with Crippen LogP contribution in [0.2, 0.25) is 0 Å². The molecule has 0 saturated carbocycles. The molecule has 0 spiro atoms. The van der Waals surface area contributed by atoms with Gasteiger partial charge in [-0.05, 0) is 5.41 Å². The van der Waals surface area contributed by atoms with Gasteiger partial charge in [0.05, 0.1) is 13.2 Å². The van der Waals surface area contributed by atoms with Crippen molar-refractivity contribution in [3.63, 3.8) is 0 Å². The highest BCUT2D eigenvalue weighted by Crippen LogP contribution is 2.19. The maximum absolute atomic E-state index is 11.9. The van der Waals surface area contributed by atoms with E-state index in [2.05, 4.69) is 15.4 Å². The Morgan fingerprint density at radius 1 is 1.39 bits per heavy atom. The van der Waals surface area contributed by atoms with Crippen molar-refractivity contribution in [3.05, 3.63) is 0 Å². The van der Waals surface area contributed by atoms with Crippen molar-refractivity contribution in [1.82, 2.24) is 10.6 Å². The van der Waals surface area contributed by atoms with Crippen LogP contribution in [0, 0.1) is 5.41 Å². The first-order chi connectivity index (χ1) is 8.22. The molecule has 7 nitrogen and oxygen atoms in total. The van der Waals surface area contributed by atoms with E-state index in [1.807, 2.05) is 20.8 Å². The van der Waals surface area contributed by atoms with E-state index in [0.29, 0.717) is 0 Å². The van der Waals surface area contributed by atoms with Gasteiger partial charge < -0.3 is 26.2 Å². The largest absolute Gasteiger partial charge is 0.453 e. The summed E-state index contributed by atoms with van der Waals surface area (Å²) in [6.45, 7) is 5.54. The number of carbonyl (C=O) groups excluding carboxylic acids is 2. The Bertz CT molecular complexity index is 289. The van der Waals surface area contributed by atoms with Crippen LogP contribution in [-0.2, 0) is 9.53 Å². The van der Waals surface area contributed by atoms with E-state index in [0.717, 1.165) is 0 Å². The number of hydrogen-bond acceptors (Lipinski definition) is 5. The average molecular weight is 261 g/mol. The molecule has 0 aliphatic heterocycles. The highest BCUT2D eigenvalue weighted by atomic mass is 16.5. The smallest absolute Gasteiger partial charge is 0.407 e. The highest BCUT2D eigenvalue weighted by Gasteiger charge is 2.33. The second kappa shape index (κ2) is 7.17. The van der Waals surface area contributed by atoms with Gasteiger partial charge in [0.2, 0.25) is 5.91 Å². The number of hydrogen-bond donors (Lipinski definition) is 4. The topological polar surface area (TPSA) is 114 Å². The van der Waals surface area contributed by atoms with Gasteiger partial charge in [0.25, 0.3) is 0 Å². The summed E-state index contributed by atoms with van der Waals surface area (Å²) < 4.78 is 4.47. The molecule has 0 heterocycles. The third-order valence-electron chi connectivity index (χ3n) is 2.36. The monoisotopic (exact) mass is 261 g/mol. The molecule has 2 atom stereocenters. The molecule has 7 heteroatoms. The Hall–Kier alpha value is -1.34. The number of ether oxygens (including phenoxy) is 1. The summed E-state index contributed by atoms with van der Waals surface area (Å²) in [5.74, 6) is -0.389. The second-order valence-electron chi connectivity index (χ2n) is 5.07. The lowest BCUT2D eigenvalue weighted by atomic mass is 9.86. The van der Waals surface area contributed by atoms with E-state index in [4.69, 9.17) is 5.73 Å².